The Morgan fingerprint density at radius 3 is 2.55 bits per heavy atom. The average molecular weight is 307 g/mol. The molecule has 4 nitrogen and oxygen atoms in total. The van der Waals surface area contributed by atoms with Crippen LogP contribution >= 0.6 is 0 Å². The number of ether oxygens (including phenoxy) is 1. The second-order valence-corrected chi connectivity index (χ2v) is 6.60. The number of nitrogens with one attached hydrogen (secondary N) is 1. The Kier molecular flexibility index (Phi) is 4.19. The van der Waals surface area contributed by atoms with Gasteiger partial charge in [-0.15, -0.1) is 0 Å². The molecule has 5 heteroatoms. The molecule has 0 bridgehead atoms. The molecule has 3 rings (SSSR count). The smallest absolute Gasteiger partial charge is 0.229 e. The van der Waals surface area contributed by atoms with E-state index in [1.165, 1.54) is 12.1 Å². The van der Waals surface area contributed by atoms with Gasteiger partial charge in [-0.25, -0.2) is 4.39 Å². The van der Waals surface area contributed by atoms with Crippen LogP contribution in [0.4, 0.5) is 4.39 Å². The summed E-state index contributed by atoms with van der Waals surface area (Å²) >= 11 is 0. The fourth-order valence-electron chi connectivity index (χ4n) is 3.20. The second-order valence-electron chi connectivity index (χ2n) is 6.60. The minimum Gasteiger partial charge on any atom is -0.393 e. The number of hydrogen-bond acceptors (Lipinski definition) is 3. The highest BCUT2D eigenvalue weighted by atomic mass is 19.1. The van der Waals surface area contributed by atoms with Gasteiger partial charge in [-0.05, 0) is 49.3 Å². The quantitative estimate of drug-likeness (QED) is 0.847. The van der Waals surface area contributed by atoms with E-state index in [4.69, 9.17) is 4.74 Å². The summed E-state index contributed by atoms with van der Waals surface area (Å²) < 4.78 is 18.3. The lowest BCUT2D eigenvalue weighted by Crippen LogP contribution is -2.44. The molecular weight excluding hydrogens is 285 g/mol. The molecule has 2 fully saturated rings. The van der Waals surface area contributed by atoms with Gasteiger partial charge in [0, 0.05) is 7.11 Å². The highest BCUT2D eigenvalue weighted by molar-refractivity contribution is 5.85. The van der Waals surface area contributed by atoms with Crippen LogP contribution in [0, 0.1) is 17.2 Å². The van der Waals surface area contributed by atoms with Crippen molar-refractivity contribution in [3.63, 3.8) is 0 Å². The zero-order valence-electron chi connectivity index (χ0n) is 12.7. The molecule has 1 aromatic rings. The predicted molar refractivity (Wildman–Crippen MR) is 79.6 cm³/mol. The van der Waals surface area contributed by atoms with E-state index in [1.54, 1.807) is 19.2 Å². The molecule has 0 unspecified atom stereocenters. The Morgan fingerprint density at radius 2 is 2.05 bits per heavy atom. The van der Waals surface area contributed by atoms with Crippen LogP contribution in [0.5, 0.6) is 0 Å². The van der Waals surface area contributed by atoms with E-state index in [0.717, 1.165) is 18.4 Å². The van der Waals surface area contributed by atoms with Crippen LogP contribution in [0.3, 0.4) is 0 Å². The third-order valence-electron chi connectivity index (χ3n) is 4.89. The molecule has 1 atom stereocenters. The summed E-state index contributed by atoms with van der Waals surface area (Å²) in [6.07, 6.45) is 2.73. The summed E-state index contributed by atoms with van der Waals surface area (Å²) in [6.45, 7) is 0.433. The van der Waals surface area contributed by atoms with Crippen molar-refractivity contribution in [2.24, 2.45) is 11.3 Å². The molecule has 22 heavy (non-hydrogen) atoms. The zero-order chi connectivity index (χ0) is 15.7. The third kappa shape index (κ3) is 3.01. The van der Waals surface area contributed by atoms with E-state index in [0.29, 0.717) is 19.4 Å². The summed E-state index contributed by atoms with van der Waals surface area (Å²) in [7, 11) is 1.60. The van der Waals surface area contributed by atoms with Crippen molar-refractivity contribution < 1.29 is 19.0 Å². The molecule has 1 aromatic carbocycles. The fraction of sp³-hybridized carbons (Fsp3) is 0.588. The van der Waals surface area contributed by atoms with Crippen LogP contribution in [0.1, 0.15) is 37.3 Å². The van der Waals surface area contributed by atoms with Crippen molar-refractivity contribution in [3.8, 4) is 0 Å². The molecule has 2 aliphatic carbocycles. The number of benzene rings is 1. The molecule has 0 heterocycles. The molecule has 0 saturated heterocycles. The molecule has 0 radical (unpaired) electrons. The van der Waals surface area contributed by atoms with E-state index >= 15 is 0 Å². The van der Waals surface area contributed by atoms with E-state index in [-0.39, 0.29) is 29.8 Å². The van der Waals surface area contributed by atoms with E-state index in [1.807, 2.05) is 0 Å². The van der Waals surface area contributed by atoms with Crippen molar-refractivity contribution in [3.05, 3.63) is 35.6 Å². The van der Waals surface area contributed by atoms with Gasteiger partial charge in [0.25, 0.3) is 0 Å². The molecule has 1 amide bonds. The maximum Gasteiger partial charge on any atom is 0.229 e. The van der Waals surface area contributed by atoms with Crippen molar-refractivity contribution in [2.45, 2.75) is 37.8 Å². The lowest BCUT2D eigenvalue weighted by molar-refractivity contribution is -0.130. The summed E-state index contributed by atoms with van der Waals surface area (Å²) in [5, 5.41) is 12.7. The minimum atomic E-state index is -0.393. The van der Waals surface area contributed by atoms with Crippen LogP contribution in [0.2, 0.25) is 0 Å². The first kappa shape index (κ1) is 15.4. The van der Waals surface area contributed by atoms with Gasteiger partial charge in [-0.3, -0.25) is 4.79 Å². The van der Waals surface area contributed by atoms with Gasteiger partial charge < -0.3 is 15.2 Å². The van der Waals surface area contributed by atoms with Crippen molar-refractivity contribution >= 4 is 5.91 Å². The van der Waals surface area contributed by atoms with Gasteiger partial charge >= 0.3 is 0 Å². The Balaban J connectivity index is 1.74. The molecular formula is C17H22FNO3. The van der Waals surface area contributed by atoms with Crippen LogP contribution < -0.4 is 5.32 Å². The number of methoxy groups -OCH3 is 1. The van der Waals surface area contributed by atoms with Crippen molar-refractivity contribution in [1.82, 2.24) is 5.32 Å². The number of rotatable bonds is 6. The number of carbonyl (C=O) groups is 1. The van der Waals surface area contributed by atoms with Crippen molar-refractivity contribution in [2.75, 3.05) is 13.7 Å². The lowest BCUT2D eigenvalue weighted by Gasteiger charge is -2.39. The Hall–Kier alpha value is -1.46. The van der Waals surface area contributed by atoms with Gasteiger partial charge in [0.2, 0.25) is 5.91 Å². The lowest BCUT2D eigenvalue weighted by atomic mass is 9.75. The Labute approximate surface area is 129 Å². The Morgan fingerprint density at radius 1 is 1.41 bits per heavy atom. The second kappa shape index (κ2) is 5.97. The highest BCUT2D eigenvalue weighted by Gasteiger charge is 2.51. The van der Waals surface area contributed by atoms with Gasteiger partial charge in [0.15, 0.2) is 0 Å². The zero-order valence-corrected chi connectivity index (χ0v) is 12.7. The molecule has 120 valence electrons. The minimum absolute atomic E-state index is 0.00469. The first-order valence-corrected chi connectivity index (χ1v) is 7.77. The highest BCUT2D eigenvalue weighted by Crippen LogP contribution is 2.47. The van der Waals surface area contributed by atoms with Gasteiger partial charge in [0.05, 0.1) is 24.2 Å². The number of hydrogen-bond donors (Lipinski definition) is 2. The topological polar surface area (TPSA) is 58.6 Å². The number of carbonyl (C=O) groups excluding carboxylic acids is 1. The standard InChI is InChI=1S/C17H22FNO3/c1-22-10-17(6-7-17)16(21)19-15(12-8-14(20)9-12)11-2-4-13(18)5-3-11/h2-5,12,14-15,20H,6-10H2,1H3,(H,19,21)/t12?,14?,15-/m1/s1. The maximum absolute atomic E-state index is 13.1. The monoisotopic (exact) mass is 307 g/mol. The van der Waals surface area contributed by atoms with E-state index in [9.17, 15) is 14.3 Å². The summed E-state index contributed by atoms with van der Waals surface area (Å²) in [6, 6.07) is 6.06. The number of aliphatic hydroxyl groups is 1. The van der Waals surface area contributed by atoms with Gasteiger partial charge in [-0.1, -0.05) is 12.1 Å². The van der Waals surface area contributed by atoms with E-state index in [2.05, 4.69) is 5.32 Å². The van der Waals surface area contributed by atoms with Crippen LogP contribution in [0.15, 0.2) is 24.3 Å². The van der Waals surface area contributed by atoms with Crippen LogP contribution in [-0.2, 0) is 9.53 Å². The largest absolute Gasteiger partial charge is 0.393 e. The predicted octanol–water partition coefficient (Wildman–Crippen LogP) is 2.18. The number of aliphatic hydroxyl groups excluding tert-OH is 1. The fourth-order valence-corrected chi connectivity index (χ4v) is 3.20. The van der Waals surface area contributed by atoms with Gasteiger partial charge in [-0.2, -0.15) is 0 Å². The van der Waals surface area contributed by atoms with Crippen LogP contribution in [0.25, 0.3) is 0 Å². The first-order valence-electron chi connectivity index (χ1n) is 7.77. The van der Waals surface area contributed by atoms with Crippen molar-refractivity contribution in [1.29, 1.82) is 0 Å². The summed E-state index contributed by atoms with van der Waals surface area (Å²) in [5.41, 5.74) is 0.495. The SMILES string of the molecule is COCC1(C(=O)N[C@H](c2ccc(F)cc2)C2CC(O)C2)CC1. The summed E-state index contributed by atoms with van der Waals surface area (Å²) in [4.78, 5) is 12.6. The van der Waals surface area contributed by atoms with E-state index < -0.39 is 5.41 Å². The van der Waals surface area contributed by atoms with Gasteiger partial charge in [0.1, 0.15) is 5.82 Å². The molecule has 2 saturated carbocycles. The molecule has 2 aliphatic rings. The molecule has 2 N–H and O–H groups in total. The number of halogens is 1. The van der Waals surface area contributed by atoms with Crippen LogP contribution in [-0.4, -0.2) is 30.8 Å². The number of amides is 1. The maximum atomic E-state index is 13.1. The third-order valence-corrected chi connectivity index (χ3v) is 4.89. The first-order chi connectivity index (χ1) is 10.5. The average Bonchev–Trinajstić information content (AvgIpc) is 3.24. The normalized spacial score (nSPS) is 26.9. The summed E-state index contributed by atoms with van der Waals surface area (Å²) in [5.74, 6) is -0.0895. The Bertz CT molecular complexity index is 535. The molecule has 0 spiro atoms. The molecule has 0 aromatic heterocycles. The molecule has 0 aliphatic heterocycles.